The number of hydrogen-bond donors (Lipinski definition) is 4. The van der Waals surface area contributed by atoms with E-state index in [0.717, 1.165) is 69.0 Å². The summed E-state index contributed by atoms with van der Waals surface area (Å²) in [7, 11) is 0. The lowest BCUT2D eigenvalue weighted by Crippen LogP contribution is -2.43. The van der Waals surface area contributed by atoms with E-state index in [4.69, 9.17) is 23.8 Å². The average molecular weight is 893 g/mol. The lowest BCUT2D eigenvalue weighted by molar-refractivity contribution is -0.123. The monoisotopic (exact) mass is 892 g/mol. The Labute approximate surface area is 390 Å². The summed E-state index contributed by atoms with van der Waals surface area (Å²) in [6.45, 7) is 11.9. The normalized spacial score (nSPS) is 16.5. The minimum Gasteiger partial charge on any atom is -0.444 e. The third-order valence-electron chi connectivity index (χ3n) is 11.5. The van der Waals surface area contributed by atoms with Crippen LogP contribution in [0.2, 0.25) is 2.82 Å². The van der Waals surface area contributed by atoms with Crippen LogP contribution in [0, 0.1) is 0 Å². The highest BCUT2D eigenvalue weighted by Crippen LogP contribution is 2.29. The second-order valence-corrected chi connectivity index (χ2v) is 19.0. The molecule has 2 aliphatic rings. The Kier molecular flexibility index (Phi) is 13.4. The van der Waals surface area contributed by atoms with E-state index < -0.39 is 35.5 Å². The van der Waals surface area contributed by atoms with E-state index in [0.29, 0.717) is 37.3 Å². The van der Waals surface area contributed by atoms with Gasteiger partial charge in [-0.15, -0.1) is 0 Å². The predicted molar refractivity (Wildman–Crippen MR) is 262 cm³/mol. The molecule has 12 heteroatoms. The number of amides is 2. The molecule has 4 heterocycles. The number of ether oxygens (including phenoxy) is 2. The fourth-order valence-electron chi connectivity index (χ4n) is 8.18. The number of anilines is 2. The zero-order valence-corrected chi connectivity index (χ0v) is 38.8. The van der Waals surface area contributed by atoms with Gasteiger partial charge < -0.3 is 30.9 Å². The summed E-state index contributed by atoms with van der Waals surface area (Å²) in [5.74, 6) is -0.0166. The minimum atomic E-state index is -0.619. The summed E-state index contributed by atoms with van der Waals surface area (Å²) in [6.07, 6.45) is 2.35. The molecular weight excluding hydrogens is 829 g/mol. The van der Waals surface area contributed by atoms with Crippen LogP contribution in [0.4, 0.5) is 21.0 Å². The fourth-order valence-corrected chi connectivity index (χ4v) is 8.18. The number of nitrogens with two attached hydrogens (primary N) is 2. The number of nitrogen functional groups attached to an aromatic ring is 2. The number of carbonyl (C=O) groups is 4. The van der Waals surface area contributed by atoms with Crippen LogP contribution in [0.5, 0.6) is 0 Å². The van der Waals surface area contributed by atoms with Gasteiger partial charge in [-0.3, -0.25) is 19.4 Å². The Hall–Kier alpha value is -7.08. The molecule has 0 saturated carbocycles. The topological polar surface area (TPSA) is 177 Å². The van der Waals surface area contributed by atoms with E-state index in [2.05, 4.69) is 0 Å². The summed E-state index contributed by atoms with van der Waals surface area (Å²) >= 11 is 0. The van der Waals surface area contributed by atoms with Crippen LogP contribution in [-0.2, 0) is 31.9 Å². The van der Waals surface area contributed by atoms with E-state index in [1.54, 1.807) is 9.80 Å². The fraction of sp³-hybridized carbons (Fsp3) is 0.333. The summed E-state index contributed by atoms with van der Waals surface area (Å²) in [4.78, 5) is 57.6. The van der Waals surface area contributed by atoms with Gasteiger partial charge in [-0.25, -0.2) is 9.59 Å². The summed E-state index contributed by atoms with van der Waals surface area (Å²) < 4.78 is 28.1. The smallest absolute Gasteiger partial charge is 0.410 e. The molecule has 0 spiro atoms. The zero-order chi connectivity index (χ0) is 48.9. The Morgan fingerprint density at radius 1 is 0.515 bits per heavy atom. The standard InChI is InChI=1S/C38H47N3O6.C16H15N3/c1-37(2,3)46-35(44)40-21-7-9-31(40)33(42)23-25-11-15-27(16-12-25)29-19-20-30(39-29)28-17-13-26(14-18-28)24-34(43)32-10-8-22-41(32)36(45)47-38(4,5)6;17-13-5-1-11(2-6-13)15-9-10-16(19-15)12-3-7-14(18)8-4-12/h11-20,31-32,39H,7-10,21-24H2,1-6H3;1-10,19H,17-18H2/t31-,32-;/m0./s1/i/hD2. The molecule has 6 N–H and O–H groups in total. The number of H-pyrrole nitrogens is 2. The van der Waals surface area contributed by atoms with Gasteiger partial charge in [0, 0.05) is 60.1 Å². The molecule has 12 nitrogen and oxygen atoms in total. The third-order valence-corrected chi connectivity index (χ3v) is 11.5. The second kappa shape index (κ2) is 20.0. The number of aromatic nitrogens is 2. The molecule has 8 rings (SSSR count). The molecule has 0 radical (unpaired) electrons. The van der Waals surface area contributed by atoms with Crippen molar-refractivity contribution in [1.82, 2.24) is 19.8 Å². The number of hydrogen-bond acceptors (Lipinski definition) is 8. The van der Waals surface area contributed by atoms with E-state index in [1.165, 1.54) is 9.95 Å². The van der Waals surface area contributed by atoms with Crippen molar-refractivity contribution < 1.29 is 31.5 Å². The summed E-state index contributed by atoms with van der Waals surface area (Å²) in [6, 6.07) is 36.9. The minimum absolute atomic E-state index is 0.00832. The third kappa shape index (κ3) is 12.2. The molecule has 2 atom stereocenters. The van der Waals surface area contributed by atoms with Crippen molar-refractivity contribution in [3.63, 3.8) is 0 Å². The molecule has 2 aliphatic heterocycles. The van der Waals surface area contributed by atoms with Gasteiger partial charge in [0.25, 0.3) is 0 Å². The van der Waals surface area contributed by atoms with Crippen molar-refractivity contribution in [3.05, 3.63) is 132 Å². The molecule has 0 aliphatic carbocycles. The van der Waals surface area contributed by atoms with Gasteiger partial charge in [0.1, 0.15) is 11.2 Å². The van der Waals surface area contributed by atoms with Crippen LogP contribution in [0.3, 0.4) is 0 Å². The van der Waals surface area contributed by atoms with Crippen LogP contribution in [0.25, 0.3) is 45.0 Å². The van der Waals surface area contributed by atoms with Crippen molar-refractivity contribution in [3.8, 4) is 45.0 Å². The summed E-state index contributed by atoms with van der Waals surface area (Å²) in [5, 5.41) is 0. The molecule has 344 valence electrons. The highest BCUT2D eigenvalue weighted by atomic mass is 16.6. The molecule has 66 heavy (non-hydrogen) atoms. The molecule has 0 bridgehead atoms. The first-order valence-corrected chi connectivity index (χ1v) is 22.6. The number of benzene rings is 4. The van der Waals surface area contributed by atoms with Crippen molar-refractivity contribution in [2.24, 2.45) is 0 Å². The van der Waals surface area contributed by atoms with Crippen molar-refractivity contribution in [2.45, 2.75) is 103 Å². The Bertz CT molecular complexity index is 2550. The Morgan fingerprint density at radius 3 is 1.09 bits per heavy atom. The molecule has 4 aromatic carbocycles. The van der Waals surface area contributed by atoms with Crippen LogP contribution >= 0.6 is 0 Å². The van der Waals surface area contributed by atoms with Crippen LogP contribution in [0.1, 0.15) is 78.4 Å². The van der Waals surface area contributed by atoms with Crippen molar-refractivity contribution >= 4 is 35.1 Å². The number of rotatable bonds is 10. The molecule has 2 amide bonds. The lowest BCUT2D eigenvalue weighted by atomic mass is 10.0. The van der Waals surface area contributed by atoms with Gasteiger partial charge in [0.05, 0.1) is 12.1 Å². The van der Waals surface area contributed by atoms with Crippen LogP contribution in [0.15, 0.2) is 121 Å². The van der Waals surface area contributed by atoms with Gasteiger partial charge in [-0.05, 0) is 149 Å². The molecular formula is C54H62N6O6. The zero-order valence-electron chi connectivity index (χ0n) is 40.8. The summed E-state index contributed by atoms with van der Waals surface area (Å²) in [5.41, 5.74) is 20.0. The second-order valence-electron chi connectivity index (χ2n) is 19.0. The van der Waals surface area contributed by atoms with Crippen molar-refractivity contribution in [2.75, 3.05) is 24.6 Å². The van der Waals surface area contributed by atoms with Gasteiger partial charge in [0.15, 0.2) is 14.4 Å². The first-order valence-electron chi connectivity index (χ1n) is 23.5. The number of nitrogens with one attached hydrogen (secondary N) is 2. The largest absolute Gasteiger partial charge is 0.444 e. The number of carbonyl (C=O) groups excluding carboxylic acids is 4. The van der Waals surface area contributed by atoms with E-state index in [-0.39, 0.29) is 24.4 Å². The predicted octanol–water partition coefficient (Wildman–Crippen LogP) is 10.9. The highest BCUT2D eigenvalue weighted by Gasteiger charge is 2.37. The van der Waals surface area contributed by atoms with Crippen LogP contribution < -0.4 is 11.5 Å². The van der Waals surface area contributed by atoms with E-state index in [9.17, 15) is 19.2 Å². The quantitative estimate of drug-likeness (QED) is 0.0982. The first kappa shape index (κ1) is 44.1. The van der Waals surface area contributed by atoms with E-state index >= 15 is 0 Å². The average Bonchev–Trinajstić information content (AvgIpc) is 4.12. The molecule has 2 aromatic heterocycles. The van der Waals surface area contributed by atoms with Gasteiger partial charge in [-0.2, -0.15) is 0 Å². The highest BCUT2D eigenvalue weighted by molar-refractivity contribution is 5.90. The number of nitrogens with zero attached hydrogens (tertiary/aromatic N) is 2. The van der Waals surface area contributed by atoms with E-state index in [1.807, 2.05) is 163 Å². The number of likely N-dealkylation sites (tertiary alicyclic amines) is 2. The number of aromatic amines is 2. The molecule has 2 fully saturated rings. The SMILES string of the molecule is [2H]n1c(-c2ccc(CC(=O)[C@@H]3CCCN3C(=O)OC(C)(C)C)cc2)ccc1-c1ccc(CC(=O)[C@@H]2CCCN2C(=O)OC(C)(C)C)cc1.[2H]n1c(-c2ccc(N)cc2)ccc1-c1ccc(N)cc1. The lowest BCUT2D eigenvalue weighted by Gasteiger charge is -2.28. The Balaban J connectivity index is 0.000000283. The van der Waals surface area contributed by atoms with Gasteiger partial charge in [0.2, 0.25) is 0 Å². The first-order chi connectivity index (χ1) is 32.2. The van der Waals surface area contributed by atoms with Crippen molar-refractivity contribution in [1.29, 1.82) is 0 Å². The van der Waals surface area contributed by atoms with Gasteiger partial charge in [-0.1, -0.05) is 72.8 Å². The molecule has 0 unspecified atom stereocenters. The molecule has 6 aromatic rings. The number of Topliss-reactive ketones (excluding diaryl/α,β-unsaturated/α-hetero) is 2. The molecule has 2 saturated heterocycles. The van der Waals surface area contributed by atoms with Crippen LogP contribution in [-0.4, -0.2) is 79.9 Å². The Morgan fingerprint density at radius 2 is 0.803 bits per heavy atom. The maximum atomic E-state index is 13.2. The van der Waals surface area contributed by atoms with Gasteiger partial charge >= 0.3 is 12.2 Å². The maximum Gasteiger partial charge on any atom is 0.410 e. The maximum absolute atomic E-state index is 13.2. The number of ketones is 2.